The lowest BCUT2D eigenvalue weighted by Crippen LogP contribution is -2.36. The Labute approximate surface area is 121 Å². The fraction of sp³-hybridized carbons (Fsp3) is 0.562. The highest BCUT2D eigenvalue weighted by Gasteiger charge is 2.33. The Balaban J connectivity index is 2.13. The normalized spacial score (nSPS) is 14.2. The van der Waals surface area contributed by atoms with Crippen molar-refractivity contribution in [1.82, 2.24) is 4.90 Å². The molecule has 0 saturated heterocycles. The molecular weight excluding hydrogens is 252 g/mol. The van der Waals surface area contributed by atoms with E-state index in [1.54, 1.807) is 7.11 Å². The standard InChI is InChI=1S/C16H24N2O2/c1-4-17-13-5-8-15(12(2)11-13)16(19)18(9-10-20-3)14-6-7-14/h5,8,11,14,17H,4,6-7,9-10H2,1-3H3. The summed E-state index contributed by atoms with van der Waals surface area (Å²) in [7, 11) is 1.67. The van der Waals surface area contributed by atoms with Crippen molar-refractivity contribution in [1.29, 1.82) is 0 Å². The number of carbonyl (C=O) groups excluding carboxylic acids is 1. The Hall–Kier alpha value is -1.55. The van der Waals surface area contributed by atoms with Crippen LogP contribution in [-0.2, 0) is 4.74 Å². The minimum absolute atomic E-state index is 0.130. The summed E-state index contributed by atoms with van der Waals surface area (Å²) in [6, 6.07) is 6.35. The van der Waals surface area contributed by atoms with Gasteiger partial charge in [0.15, 0.2) is 0 Å². The van der Waals surface area contributed by atoms with E-state index >= 15 is 0 Å². The van der Waals surface area contributed by atoms with E-state index in [1.807, 2.05) is 30.0 Å². The summed E-state index contributed by atoms with van der Waals surface area (Å²) in [6.45, 7) is 6.21. The van der Waals surface area contributed by atoms with Crippen LogP contribution in [0.2, 0.25) is 0 Å². The maximum absolute atomic E-state index is 12.7. The van der Waals surface area contributed by atoms with E-state index in [9.17, 15) is 4.79 Å². The molecule has 0 unspecified atom stereocenters. The van der Waals surface area contributed by atoms with Gasteiger partial charge in [-0.3, -0.25) is 4.79 Å². The molecule has 1 aromatic carbocycles. The number of benzene rings is 1. The Morgan fingerprint density at radius 1 is 1.45 bits per heavy atom. The summed E-state index contributed by atoms with van der Waals surface area (Å²) >= 11 is 0. The van der Waals surface area contributed by atoms with Gasteiger partial charge < -0.3 is 15.0 Å². The molecule has 1 amide bonds. The van der Waals surface area contributed by atoms with Crippen molar-refractivity contribution < 1.29 is 9.53 Å². The fourth-order valence-corrected chi connectivity index (χ4v) is 2.40. The highest BCUT2D eigenvalue weighted by Crippen LogP contribution is 2.29. The number of anilines is 1. The number of nitrogens with zero attached hydrogens (tertiary/aromatic N) is 1. The number of aryl methyl sites for hydroxylation is 1. The zero-order valence-electron chi connectivity index (χ0n) is 12.6. The number of nitrogens with one attached hydrogen (secondary N) is 1. The fourth-order valence-electron chi connectivity index (χ4n) is 2.40. The van der Waals surface area contributed by atoms with Gasteiger partial charge in [0.2, 0.25) is 0 Å². The third-order valence-corrected chi connectivity index (χ3v) is 3.62. The highest BCUT2D eigenvalue weighted by molar-refractivity contribution is 5.96. The van der Waals surface area contributed by atoms with Gasteiger partial charge in [-0.1, -0.05) is 0 Å². The van der Waals surface area contributed by atoms with Crippen molar-refractivity contribution in [3.05, 3.63) is 29.3 Å². The van der Waals surface area contributed by atoms with Crippen molar-refractivity contribution in [2.24, 2.45) is 0 Å². The van der Waals surface area contributed by atoms with Gasteiger partial charge in [0, 0.05) is 37.5 Å². The van der Waals surface area contributed by atoms with Crippen molar-refractivity contribution in [3.8, 4) is 0 Å². The average Bonchev–Trinajstić information content (AvgIpc) is 3.24. The van der Waals surface area contributed by atoms with Crippen LogP contribution in [0.4, 0.5) is 5.69 Å². The lowest BCUT2D eigenvalue weighted by atomic mass is 10.1. The molecule has 0 atom stereocenters. The number of methoxy groups -OCH3 is 1. The van der Waals surface area contributed by atoms with Crippen LogP contribution in [0.1, 0.15) is 35.7 Å². The first kappa shape index (κ1) is 14.9. The number of amides is 1. The summed E-state index contributed by atoms with van der Waals surface area (Å²) in [4.78, 5) is 14.6. The molecule has 4 nitrogen and oxygen atoms in total. The summed E-state index contributed by atoms with van der Waals surface area (Å²) in [5.41, 5.74) is 2.89. The van der Waals surface area contributed by atoms with Crippen LogP contribution in [-0.4, -0.2) is 43.7 Å². The summed E-state index contributed by atoms with van der Waals surface area (Å²) in [5, 5.41) is 3.27. The van der Waals surface area contributed by atoms with Gasteiger partial charge in [0.05, 0.1) is 6.61 Å². The van der Waals surface area contributed by atoms with E-state index in [2.05, 4.69) is 12.2 Å². The molecule has 1 aliphatic carbocycles. The zero-order valence-corrected chi connectivity index (χ0v) is 12.6. The highest BCUT2D eigenvalue weighted by atomic mass is 16.5. The molecule has 2 rings (SSSR count). The molecule has 4 heteroatoms. The van der Waals surface area contributed by atoms with Crippen LogP contribution in [0.25, 0.3) is 0 Å². The molecule has 1 fully saturated rings. The second-order valence-electron chi connectivity index (χ2n) is 5.28. The average molecular weight is 276 g/mol. The van der Waals surface area contributed by atoms with E-state index in [1.165, 1.54) is 0 Å². The Morgan fingerprint density at radius 3 is 2.75 bits per heavy atom. The topological polar surface area (TPSA) is 41.6 Å². The number of hydrogen-bond acceptors (Lipinski definition) is 3. The summed E-state index contributed by atoms with van der Waals surface area (Å²) < 4.78 is 5.11. The second kappa shape index (κ2) is 6.75. The monoisotopic (exact) mass is 276 g/mol. The van der Waals surface area contributed by atoms with Crippen LogP contribution in [0.5, 0.6) is 0 Å². The van der Waals surface area contributed by atoms with Crippen molar-refractivity contribution >= 4 is 11.6 Å². The number of rotatable bonds is 7. The predicted molar refractivity (Wildman–Crippen MR) is 81.3 cm³/mol. The molecule has 0 spiro atoms. The van der Waals surface area contributed by atoms with Crippen molar-refractivity contribution in [3.63, 3.8) is 0 Å². The van der Waals surface area contributed by atoms with Crippen LogP contribution >= 0.6 is 0 Å². The van der Waals surface area contributed by atoms with Gasteiger partial charge in [-0.05, 0) is 50.5 Å². The van der Waals surface area contributed by atoms with E-state index in [0.29, 0.717) is 19.2 Å². The second-order valence-corrected chi connectivity index (χ2v) is 5.28. The van der Waals surface area contributed by atoms with E-state index in [0.717, 1.165) is 36.2 Å². The number of ether oxygens (including phenoxy) is 1. The molecular formula is C16H24N2O2. The van der Waals surface area contributed by atoms with Gasteiger partial charge >= 0.3 is 0 Å². The quantitative estimate of drug-likeness (QED) is 0.832. The number of hydrogen-bond donors (Lipinski definition) is 1. The summed E-state index contributed by atoms with van der Waals surface area (Å²) in [5.74, 6) is 0.130. The van der Waals surface area contributed by atoms with Crippen LogP contribution in [0, 0.1) is 6.92 Å². The summed E-state index contributed by atoms with van der Waals surface area (Å²) in [6.07, 6.45) is 2.23. The molecule has 1 aliphatic rings. The first-order valence-corrected chi connectivity index (χ1v) is 7.31. The van der Waals surface area contributed by atoms with Gasteiger partial charge in [-0.25, -0.2) is 0 Å². The maximum Gasteiger partial charge on any atom is 0.254 e. The van der Waals surface area contributed by atoms with Gasteiger partial charge in [0.1, 0.15) is 0 Å². The minimum atomic E-state index is 0.130. The SMILES string of the molecule is CCNc1ccc(C(=O)N(CCOC)C2CC2)c(C)c1. The first-order chi connectivity index (χ1) is 9.67. The predicted octanol–water partition coefficient (Wildman–Crippen LogP) is 2.68. The van der Waals surface area contributed by atoms with Gasteiger partial charge in [-0.15, -0.1) is 0 Å². The Morgan fingerprint density at radius 2 is 2.20 bits per heavy atom. The molecule has 0 heterocycles. The zero-order chi connectivity index (χ0) is 14.5. The van der Waals surface area contributed by atoms with Crippen LogP contribution in [0.15, 0.2) is 18.2 Å². The minimum Gasteiger partial charge on any atom is -0.385 e. The van der Waals surface area contributed by atoms with Gasteiger partial charge in [0.25, 0.3) is 5.91 Å². The Bertz CT molecular complexity index is 470. The lowest BCUT2D eigenvalue weighted by molar-refractivity contribution is 0.0679. The van der Waals surface area contributed by atoms with E-state index in [-0.39, 0.29) is 5.91 Å². The molecule has 0 aliphatic heterocycles. The first-order valence-electron chi connectivity index (χ1n) is 7.31. The van der Waals surface area contributed by atoms with Crippen LogP contribution in [0.3, 0.4) is 0 Å². The number of carbonyl (C=O) groups is 1. The van der Waals surface area contributed by atoms with Crippen molar-refractivity contribution in [2.75, 3.05) is 32.1 Å². The van der Waals surface area contributed by atoms with Gasteiger partial charge in [-0.2, -0.15) is 0 Å². The third-order valence-electron chi connectivity index (χ3n) is 3.62. The lowest BCUT2D eigenvalue weighted by Gasteiger charge is -2.23. The van der Waals surface area contributed by atoms with Crippen LogP contribution < -0.4 is 5.32 Å². The molecule has 0 aromatic heterocycles. The van der Waals surface area contributed by atoms with Crippen molar-refractivity contribution in [2.45, 2.75) is 32.7 Å². The maximum atomic E-state index is 12.7. The largest absolute Gasteiger partial charge is 0.385 e. The molecule has 110 valence electrons. The Kier molecular flexibility index (Phi) is 5.01. The molecule has 20 heavy (non-hydrogen) atoms. The van der Waals surface area contributed by atoms with E-state index in [4.69, 9.17) is 4.74 Å². The van der Waals surface area contributed by atoms with E-state index < -0.39 is 0 Å². The molecule has 0 radical (unpaired) electrons. The molecule has 1 saturated carbocycles. The molecule has 1 aromatic rings. The molecule has 0 bridgehead atoms. The third kappa shape index (κ3) is 3.51. The molecule has 1 N–H and O–H groups in total. The smallest absolute Gasteiger partial charge is 0.254 e.